The number of rotatable bonds is 4. The molecule has 0 N–H and O–H groups in total. The Bertz CT molecular complexity index is 293. The third-order valence-corrected chi connectivity index (χ3v) is 3.35. The van der Waals surface area contributed by atoms with Crippen molar-refractivity contribution in [2.24, 2.45) is 0 Å². The lowest BCUT2D eigenvalue weighted by Crippen LogP contribution is -2.44. The largest absolute Gasteiger partial charge is 0.379 e. The second kappa shape index (κ2) is 6.02. The van der Waals surface area contributed by atoms with Crippen LogP contribution in [0.3, 0.4) is 0 Å². The minimum Gasteiger partial charge on any atom is -0.379 e. The van der Waals surface area contributed by atoms with E-state index in [9.17, 15) is 0 Å². The van der Waals surface area contributed by atoms with Crippen molar-refractivity contribution in [3.05, 3.63) is 35.9 Å². The summed E-state index contributed by atoms with van der Waals surface area (Å²) in [6.45, 7) is 6.25. The first-order chi connectivity index (χ1) is 7.90. The quantitative estimate of drug-likeness (QED) is 0.770. The van der Waals surface area contributed by atoms with Gasteiger partial charge in [-0.1, -0.05) is 37.3 Å². The van der Waals surface area contributed by atoms with Gasteiger partial charge < -0.3 is 4.74 Å². The molecule has 1 heterocycles. The highest BCUT2D eigenvalue weighted by Gasteiger charge is 2.19. The molecule has 0 amide bonds. The highest BCUT2D eigenvalue weighted by atomic mass is 16.5. The number of morpholine rings is 1. The number of hydrogen-bond acceptors (Lipinski definition) is 2. The summed E-state index contributed by atoms with van der Waals surface area (Å²) in [6.07, 6.45) is 2.38. The van der Waals surface area contributed by atoms with Crippen LogP contribution in [-0.4, -0.2) is 37.2 Å². The summed E-state index contributed by atoms with van der Waals surface area (Å²) in [5.41, 5.74) is 1.45. The molecule has 16 heavy (non-hydrogen) atoms. The molecule has 1 atom stereocenters. The van der Waals surface area contributed by atoms with Crippen molar-refractivity contribution in [1.29, 1.82) is 0 Å². The lowest BCUT2D eigenvalue weighted by atomic mass is 10.0. The maximum Gasteiger partial charge on any atom is 0.0594 e. The normalized spacial score (nSPS) is 19.6. The zero-order chi connectivity index (χ0) is 11.2. The van der Waals surface area contributed by atoms with E-state index in [-0.39, 0.29) is 0 Å². The maximum atomic E-state index is 5.40. The van der Waals surface area contributed by atoms with E-state index in [4.69, 9.17) is 4.74 Å². The van der Waals surface area contributed by atoms with Gasteiger partial charge >= 0.3 is 0 Å². The molecule has 2 rings (SSSR count). The van der Waals surface area contributed by atoms with E-state index in [2.05, 4.69) is 42.2 Å². The summed E-state index contributed by atoms with van der Waals surface area (Å²) in [5, 5.41) is 0. The summed E-state index contributed by atoms with van der Waals surface area (Å²) < 4.78 is 5.40. The Morgan fingerprint density at radius 3 is 2.50 bits per heavy atom. The van der Waals surface area contributed by atoms with Crippen LogP contribution in [0.15, 0.2) is 30.3 Å². The SMILES string of the molecule is CCC(Cc1ccccc1)N1CCOCC1. The Kier molecular flexibility index (Phi) is 4.37. The summed E-state index contributed by atoms with van der Waals surface area (Å²) in [4.78, 5) is 2.57. The number of nitrogens with zero attached hydrogens (tertiary/aromatic N) is 1. The van der Waals surface area contributed by atoms with Crippen LogP contribution in [0.25, 0.3) is 0 Å². The lowest BCUT2D eigenvalue weighted by Gasteiger charge is -2.34. The highest BCUT2D eigenvalue weighted by molar-refractivity contribution is 5.15. The van der Waals surface area contributed by atoms with E-state index in [1.165, 1.54) is 12.0 Å². The van der Waals surface area contributed by atoms with Gasteiger partial charge in [-0.25, -0.2) is 0 Å². The first-order valence-electron chi connectivity index (χ1n) is 6.26. The maximum absolute atomic E-state index is 5.40. The van der Waals surface area contributed by atoms with Crippen LogP contribution in [0.1, 0.15) is 18.9 Å². The summed E-state index contributed by atoms with van der Waals surface area (Å²) in [6, 6.07) is 11.5. The molecular weight excluding hydrogens is 198 g/mol. The van der Waals surface area contributed by atoms with Gasteiger partial charge in [0.1, 0.15) is 0 Å². The van der Waals surface area contributed by atoms with Crippen LogP contribution in [0.4, 0.5) is 0 Å². The molecule has 0 saturated carbocycles. The molecule has 0 aliphatic carbocycles. The minimum atomic E-state index is 0.672. The van der Waals surface area contributed by atoms with Crippen molar-refractivity contribution >= 4 is 0 Å². The van der Waals surface area contributed by atoms with E-state index in [0.717, 1.165) is 32.7 Å². The first-order valence-corrected chi connectivity index (χ1v) is 6.26. The van der Waals surface area contributed by atoms with Crippen molar-refractivity contribution in [2.45, 2.75) is 25.8 Å². The average molecular weight is 219 g/mol. The van der Waals surface area contributed by atoms with Crippen LogP contribution in [0.5, 0.6) is 0 Å². The standard InChI is InChI=1S/C14H21NO/c1-2-14(15-8-10-16-11-9-15)12-13-6-4-3-5-7-13/h3-7,14H,2,8-12H2,1H3. The van der Waals surface area contributed by atoms with Gasteiger partial charge in [0.05, 0.1) is 13.2 Å². The van der Waals surface area contributed by atoms with Crippen LogP contribution in [0.2, 0.25) is 0 Å². The average Bonchev–Trinajstić information content (AvgIpc) is 2.38. The van der Waals surface area contributed by atoms with E-state index in [1.54, 1.807) is 0 Å². The molecule has 0 aromatic heterocycles. The van der Waals surface area contributed by atoms with Gasteiger partial charge in [-0.05, 0) is 18.4 Å². The van der Waals surface area contributed by atoms with Crippen molar-refractivity contribution < 1.29 is 4.74 Å². The molecule has 1 saturated heterocycles. The number of hydrogen-bond donors (Lipinski definition) is 0. The predicted octanol–water partition coefficient (Wildman–Crippen LogP) is 2.34. The molecule has 1 aromatic carbocycles. The Morgan fingerprint density at radius 1 is 1.19 bits per heavy atom. The first kappa shape index (κ1) is 11.6. The van der Waals surface area contributed by atoms with Crippen molar-refractivity contribution in [3.63, 3.8) is 0 Å². The van der Waals surface area contributed by atoms with Crippen LogP contribution < -0.4 is 0 Å². The zero-order valence-electron chi connectivity index (χ0n) is 10.1. The number of benzene rings is 1. The van der Waals surface area contributed by atoms with Crippen molar-refractivity contribution in [3.8, 4) is 0 Å². The van der Waals surface area contributed by atoms with Crippen molar-refractivity contribution in [1.82, 2.24) is 4.90 Å². The van der Waals surface area contributed by atoms with E-state index >= 15 is 0 Å². The van der Waals surface area contributed by atoms with Gasteiger partial charge in [0, 0.05) is 19.1 Å². The second-order valence-corrected chi connectivity index (χ2v) is 4.40. The molecule has 2 nitrogen and oxygen atoms in total. The molecule has 0 bridgehead atoms. The third kappa shape index (κ3) is 3.06. The van der Waals surface area contributed by atoms with Crippen molar-refractivity contribution in [2.75, 3.05) is 26.3 Å². The zero-order valence-corrected chi connectivity index (χ0v) is 10.1. The van der Waals surface area contributed by atoms with Gasteiger partial charge in [-0.3, -0.25) is 4.90 Å². The summed E-state index contributed by atoms with van der Waals surface area (Å²) in [7, 11) is 0. The predicted molar refractivity (Wildman–Crippen MR) is 66.6 cm³/mol. The van der Waals surface area contributed by atoms with Gasteiger partial charge in [0.2, 0.25) is 0 Å². The van der Waals surface area contributed by atoms with E-state index in [0.29, 0.717) is 6.04 Å². The molecule has 1 fully saturated rings. The highest BCUT2D eigenvalue weighted by Crippen LogP contribution is 2.13. The summed E-state index contributed by atoms with van der Waals surface area (Å²) >= 11 is 0. The molecule has 1 aliphatic rings. The lowest BCUT2D eigenvalue weighted by molar-refractivity contribution is 0.0158. The van der Waals surface area contributed by atoms with E-state index in [1.807, 2.05) is 0 Å². The van der Waals surface area contributed by atoms with Crippen LogP contribution in [-0.2, 0) is 11.2 Å². The molecule has 1 aliphatic heterocycles. The molecule has 1 unspecified atom stereocenters. The molecule has 0 radical (unpaired) electrons. The smallest absolute Gasteiger partial charge is 0.0594 e. The molecule has 0 spiro atoms. The Hall–Kier alpha value is -0.860. The fourth-order valence-electron chi connectivity index (χ4n) is 2.36. The van der Waals surface area contributed by atoms with Gasteiger partial charge in [0.15, 0.2) is 0 Å². The topological polar surface area (TPSA) is 12.5 Å². The van der Waals surface area contributed by atoms with Gasteiger partial charge in [-0.2, -0.15) is 0 Å². The van der Waals surface area contributed by atoms with E-state index < -0.39 is 0 Å². The molecule has 2 heteroatoms. The Morgan fingerprint density at radius 2 is 1.88 bits per heavy atom. The third-order valence-electron chi connectivity index (χ3n) is 3.35. The molecular formula is C14H21NO. The van der Waals surface area contributed by atoms with Gasteiger partial charge in [0.25, 0.3) is 0 Å². The monoisotopic (exact) mass is 219 g/mol. The Labute approximate surface area is 98.2 Å². The molecule has 88 valence electrons. The Balaban J connectivity index is 1.94. The number of ether oxygens (including phenoxy) is 1. The second-order valence-electron chi connectivity index (χ2n) is 4.40. The molecule has 1 aromatic rings. The fraction of sp³-hybridized carbons (Fsp3) is 0.571. The van der Waals surface area contributed by atoms with Crippen LogP contribution in [0, 0.1) is 0 Å². The fourth-order valence-corrected chi connectivity index (χ4v) is 2.36. The van der Waals surface area contributed by atoms with Gasteiger partial charge in [-0.15, -0.1) is 0 Å². The summed E-state index contributed by atoms with van der Waals surface area (Å²) in [5.74, 6) is 0. The van der Waals surface area contributed by atoms with Crippen LogP contribution >= 0.6 is 0 Å². The minimum absolute atomic E-state index is 0.672.